The zero-order valence-corrected chi connectivity index (χ0v) is 11.9. The van der Waals surface area contributed by atoms with Crippen molar-refractivity contribution in [3.63, 3.8) is 0 Å². The molecule has 0 spiro atoms. The van der Waals surface area contributed by atoms with Gasteiger partial charge in [0.25, 0.3) is 0 Å². The summed E-state index contributed by atoms with van der Waals surface area (Å²) in [5.74, 6) is 0. The van der Waals surface area contributed by atoms with Crippen molar-refractivity contribution in [3.05, 3.63) is 82.6 Å². The van der Waals surface area contributed by atoms with E-state index in [0.29, 0.717) is 6.42 Å². The van der Waals surface area contributed by atoms with Crippen LogP contribution < -0.4 is 0 Å². The molecule has 3 rings (SSSR count). The molecule has 0 bridgehead atoms. The highest BCUT2D eigenvalue weighted by Gasteiger charge is 2.09. The van der Waals surface area contributed by atoms with E-state index in [4.69, 9.17) is 0 Å². The van der Waals surface area contributed by atoms with E-state index in [-0.39, 0.29) is 0 Å². The molecule has 1 nitrogen and oxygen atoms in total. The molecule has 2 aromatic carbocycles. The van der Waals surface area contributed by atoms with Crippen molar-refractivity contribution >= 4 is 11.3 Å². The van der Waals surface area contributed by atoms with Crippen molar-refractivity contribution in [2.75, 3.05) is 0 Å². The first-order valence-corrected chi connectivity index (χ1v) is 7.62. The molecule has 0 fully saturated rings. The number of aliphatic hydroxyl groups is 1. The molecule has 100 valence electrons. The predicted octanol–water partition coefficient (Wildman–Crippen LogP) is 4.69. The van der Waals surface area contributed by atoms with Crippen molar-refractivity contribution in [2.24, 2.45) is 0 Å². The van der Waals surface area contributed by atoms with Crippen LogP contribution in [-0.4, -0.2) is 5.11 Å². The van der Waals surface area contributed by atoms with Gasteiger partial charge in [-0.2, -0.15) is 11.3 Å². The SMILES string of the molecule is OC(Cc1ccsc1)c1ccc(-c2ccccc2)cc1. The van der Waals surface area contributed by atoms with Crippen molar-refractivity contribution in [1.29, 1.82) is 0 Å². The summed E-state index contributed by atoms with van der Waals surface area (Å²) in [6.45, 7) is 0. The standard InChI is InChI=1S/C18H16OS/c19-18(12-14-10-11-20-13-14)17-8-6-16(7-9-17)15-4-2-1-3-5-15/h1-11,13,18-19H,12H2. The van der Waals surface area contributed by atoms with Crippen molar-refractivity contribution in [2.45, 2.75) is 12.5 Å². The van der Waals surface area contributed by atoms with Crippen LogP contribution in [-0.2, 0) is 6.42 Å². The van der Waals surface area contributed by atoms with Crippen molar-refractivity contribution in [1.82, 2.24) is 0 Å². The van der Waals surface area contributed by atoms with E-state index < -0.39 is 6.10 Å². The third-order valence-corrected chi connectivity index (χ3v) is 4.14. The lowest BCUT2D eigenvalue weighted by Crippen LogP contribution is -2.00. The lowest BCUT2D eigenvalue weighted by Gasteiger charge is -2.11. The number of hydrogen-bond donors (Lipinski definition) is 1. The van der Waals surface area contributed by atoms with E-state index >= 15 is 0 Å². The van der Waals surface area contributed by atoms with E-state index in [1.54, 1.807) is 11.3 Å². The second kappa shape index (κ2) is 6.04. The van der Waals surface area contributed by atoms with Crippen molar-refractivity contribution < 1.29 is 5.11 Å². The van der Waals surface area contributed by atoms with Crippen LogP contribution in [0.15, 0.2) is 71.4 Å². The van der Waals surface area contributed by atoms with Gasteiger partial charge in [-0.3, -0.25) is 0 Å². The summed E-state index contributed by atoms with van der Waals surface area (Å²) in [6, 6.07) is 20.5. The van der Waals surface area contributed by atoms with Gasteiger partial charge in [0, 0.05) is 6.42 Å². The largest absolute Gasteiger partial charge is 0.388 e. The molecule has 2 heteroatoms. The van der Waals surface area contributed by atoms with Gasteiger partial charge >= 0.3 is 0 Å². The Morgan fingerprint density at radius 2 is 1.55 bits per heavy atom. The average Bonchev–Trinajstić information content (AvgIpc) is 3.01. The monoisotopic (exact) mass is 280 g/mol. The second-order valence-corrected chi connectivity index (χ2v) is 5.62. The first-order chi connectivity index (χ1) is 9.83. The summed E-state index contributed by atoms with van der Waals surface area (Å²) < 4.78 is 0. The van der Waals surface area contributed by atoms with Crippen LogP contribution in [0.2, 0.25) is 0 Å². The maximum absolute atomic E-state index is 10.3. The lowest BCUT2D eigenvalue weighted by molar-refractivity contribution is 0.178. The zero-order valence-electron chi connectivity index (χ0n) is 11.1. The minimum Gasteiger partial charge on any atom is -0.388 e. The Bertz CT molecular complexity index is 642. The van der Waals surface area contributed by atoms with E-state index in [2.05, 4.69) is 35.7 Å². The Labute approximate surface area is 123 Å². The Morgan fingerprint density at radius 3 is 2.20 bits per heavy atom. The van der Waals surface area contributed by atoms with E-state index in [9.17, 15) is 5.11 Å². The number of rotatable bonds is 4. The molecule has 0 radical (unpaired) electrons. The van der Waals surface area contributed by atoms with Gasteiger partial charge in [-0.05, 0) is 39.1 Å². The molecule has 0 saturated heterocycles. The molecule has 0 aliphatic rings. The van der Waals surface area contributed by atoms with Crippen LogP contribution in [0.1, 0.15) is 17.2 Å². The summed E-state index contributed by atoms with van der Waals surface area (Å²) in [4.78, 5) is 0. The number of aliphatic hydroxyl groups excluding tert-OH is 1. The van der Waals surface area contributed by atoms with Crippen LogP contribution >= 0.6 is 11.3 Å². The molecule has 0 saturated carbocycles. The summed E-state index contributed by atoms with van der Waals surface area (Å²) in [5, 5.41) is 14.4. The molecule has 0 aliphatic carbocycles. The predicted molar refractivity (Wildman–Crippen MR) is 84.9 cm³/mol. The van der Waals surface area contributed by atoms with Crippen LogP contribution in [0, 0.1) is 0 Å². The summed E-state index contributed by atoms with van der Waals surface area (Å²) >= 11 is 1.67. The van der Waals surface area contributed by atoms with Gasteiger partial charge < -0.3 is 5.11 Å². The first kappa shape index (κ1) is 13.1. The van der Waals surface area contributed by atoms with Gasteiger partial charge in [-0.1, -0.05) is 54.6 Å². The number of benzene rings is 2. The van der Waals surface area contributed by atoms with Gasteiger partial charge in [0.05, 0.1) is 6.10 Å². The molecule has 20 heavy (non-hydrogen) atoms. The van der Waals surface area contributed by atoms with Gasteiger partial charge in [-0.25, -0.2) is 0 Å². The topological polar surface area (TPSA) is 20.2 Å². The Kier molecular flexibility index (Phi) is 3.95. The van der Waals surface area contributed by atoms with Crippen molar-refractivity contribution in [3.8, 4) is 11.1 Å². The summed E-state index contributed by atoms with van der Waals surface area (Å²) in [6.07, 6.45) is 0.239. The highest BCUT2D eigenvalue weighted by Crippen LogP contribution is 2.24. The van der Waals surface area contributed by atoms with E-state index in [0.717, 1.165) is 5.56 Å². The van der Waals surface area contributed by atoms with Crippen LogP contribution in [0.25, 0.3) is 11.1 Å². The highest BCUT2D eigenvalue weighted by atomic mass is 32.1. The number of thiophene rings is 1. The Morgan fingerprint density at radius 1 is 0.850 bits per heavy atom. The molecular formula is C18H16OS. The lowest BCUT2D eigenvalue weighted by atomic mass is 9.99. The summed E-state index contributed by atoms with van der Waals surface area (Å²) in [7, 11) is 0. The molecule has 1 unspecified atom stereocenters. The average molecular weight is 280 g/mol. The van der Waals surface area contributed by atoms with Gasteiger partial charge in [0.1, 0.15) is 0 Å². The fraction of sp³-hybridized carbons (Fsp3) is 0.111. The molecule has 0 aliphatic heterocycles. The van der Waals surface area contributed by atoms with Crippen LogP contribution in [0.3, 0.4) is 0 Å². The molecule has 1 aromatic heterocycles. The third kappa shape index (κ3) is 2.98. The minimum atomic E-state index is -0.436. The maximum atomic E-state index is 10.3. The first-order valence-electron chi connectivity index (χ1n) is 6.67. The highest BCUT2D eigenvalue weighted by molar-refractivity contribution is 7.07. The second-order valence-electron chi connectivity index (χ2n) is 4.84. The minimum absolute atomic E-state index is 0.436. The Balaban J connectivity index is 1.76. The fourth-order valence-electron chi connectivity index (χ4n) is 2.28. The fourth-order valence-corrected chi connectivity index (χ4v) is 2.96. The molecule has 1 N–H and O–H groups in total. The third-order valence-electron chi connectivity index (χ3n) is 3.41. The quantitative estimate of drug-likeness (QED) is 0.735. The zero-order chi connectivity index (χ0) is 13.8. The Hall–Kier alpha value is -1.90. The molecule has 3 aromatic rings. The smallest absolute Gasteiger partial charge is 0.0830 e. The molecular weight excluding hydrogens is 264 g/mol. The van der Waals surface area contributed by atoms with E-state index in [1.165, 1.54) is 16.7 Å². The maximum Gasteiger partial charge on any atom is 0.0830 e. The van der Waals surface area contributed by atoms with E-state index in [1.807, 2.05) is 35.7 Å². The molecule has 0 amide bonds. The van der Waals surface area contributed by atoms with Crippen LogP contribution in [0.5, 0.6) is 0 Å². The van der Waals surface area contributed by atoms with Gasteiger partial charge in [-0.15, -0.1) is 0 Å². The summed E-state index contributed by atoms with van der Waals surface area (Å²) in [5.41, 5.74) is 4.54. The molecule has 1 atom stereocenters. The van der Waals surface area contributed by atoms with Crippen LogP contribution in [0.4, 0.5) is 0 Å². The number of hydrogen-bond acceptors (Lipinski definition) is 2. The normalized spacial score (nSPS) is 12.2. The van der Waals surface area contributed by atoms with Gasteiger partial charge in [0.15, 0.2) is 0 Å². The molecule has 1 heterocycles. The van der Waals surface area contributed by atoms with Gasteiger partial charge in [0.2, 0.25) is 0 Å².